The molecule has 0 atom stereocenters. The molecule has 0 unspecified atom stereocenters. The van der Waals surface area contributed by atoms with E-state index in [9.17, 15) is 28.6 Å². The van der Waals surface area contributed by atoms with Crippen molar-refractivity contribution in [3.63, 3.8) is 0 Å². The predicted molar refractivity (Wildman–Crippen MR) is 81.7 cm³/mol. The number of hydrogen-bond acceptors (Lipinski definition) is 6. The van der Waals surface area contributed by atoms with E-state index in [4.69, 9.17) is 0 Å². The normalized spacial score (nSPS) is 11.0. The summed E-state index contributed by atoms with van der Waals surface area (Å²) in [5.74, 6) is 0. The highest BCUT2D eigenvalue weighted by Gasteiger charge is 2.23. The Morgan fingerprint density at radius 2 is 1.65 bits per heavy atom. The molecule has 0 aromatic heterocycles. The maximum absolute atomic E-state index is 12.4. The molecule has 0 aliphatic carbocycles. The number of anilines is 1. The molecule has 0 spiro atoms. The lowest BCUT2D eigenvalue weighted by Gasteiger charge is -2.10. The zero-order valence-corrected chi connectivity index (χ0v) is 12.6. The van der Waals surface area contributed by atoms with Crippen molar-refractivity contribution >= 4 is 27.1 Å². The largest absolute Gasteiger partial charge is 0.279 e. The van der Waals surface area contributed by atoms with Crippen LogP contribution in [0.15, 0.2) is 47.4 Å². The molecule has 0 saturated carbocycles. The van der Waals surface area contributed by atoms with Crippen LogP contribution in [0.5, 0.6) is 0 Å². The summed E-state index contributed by atoms with van der Waals surface area (Å²) in [5.41, 5.74) is -0.631. The van der Waals surface area contributed by atoms with Crippen LogP contribution >= 0.6 is 0 Å². The quantitative estimate of drug-likeness (QED) is 0.658. The fourth-order valence-corrected chi connectivity index (χ4v) is 3.30. The van der Waals surface area contributed by atoms with Crippen molar-refractivity contribution in [1.82, 2.24) is 0 Å². The number of nitro benzene ring substituents is 2. The highest BCUT2D eigenvalue weighted by Crippen LogP contribution is 2.27. The third-order valence-corrected chi connectivity index (χ3v) is 4.58. The monoisotopic (exact) mass is 337 g/mol. The Kier molecular flexibility index (Phi) is 4.27. The summed E-state index contributed by atoms with van der Waals surface area (Å²) in [6, 6.07) is 8.63. The molecular weight excluding hydrogens is 326 g/mol. The second-order valence-electron chi connectivity index (χ2n) is 4.57. The van der Waals surface area contributed by atoms with Gasteiger partial charge in [0.15, 0.2) is 0 Å². The van der Waals surface area contributed by atoms with Crippen LogP contribution in [0.25, 0.3) is 0 Å². The Labute approximate surface area is 130 Å². The zero-order valence-electron chi connectivity index (χ0n) is 11.8. The Morgan fingerprint density at radius 3 is 2.26 bits per heavy atom. The van der Waals surface area contributed by atoms with Crippen LogP contribution in [0.2, 0.25) is 0 Å². The van der Waals surface area contributed by atoms with Gasteiger partial charge in [-0.15, -0.1) is 0 Å². The highest BCUT2D eigenvalue weighted by atomic mass is 32.2. The molecule has 120 valence electrons. The van der Waals surface area contributed by atoms with Crippen molar-refractivity contribution in [3.05, 3.63) is 68.3 Å². The third-order valence-electron chi connectivity index (χ3n) is 3.05. The minimum absolute atomic E-state index is 0.00916. The minimum Gasteiger partial charge on any atom is -0.279 e. The van der Waals surface area contributed by atoms with Gasteiger partial charge < -0.3 is 0 Å². The molecule has 0 aliphatic heterocycles. The van der Waals surface area contributed by atoms with Gasteiger partial charge in [0.25, 0.3) is 21.4 Å². The lowest BCUT2D eigenvalue weighted by molar-refractivity contribution is -0.385. The fourth-order valence-electron chi connectivity index (χ4n) is 1.98. The molecule has 0 radical (unpaired) electrons. The van der Waals surface area contributed by atoms with Gasteiger partial charge in [0.2, 0.25) is 0 Å². The molecule has 0 heterocycles. The lowest BCUT2D eigenvalue weighted by Crippen LogP contribution is -2.15. The van der Waals surface area contributed by atoms with Crippen LogP contribution < -0.4 is 4.72 Å². The van der Waals surface area contributed by atoms with Crippen LogP contribution in [0.4, 0.5) is 17.1 Å². The van der Waals surface area contributed by atoms with Gasteiger partial charge in [-0.3, -0.25) is 25.0 Å². The van der Waals surface area contributed by atoms with Gasteiger partial charge in [-0.2, -0.15) is 0 Å². The SMILES string of the molecule is Cc1c([N+](=O)[O-])cccc1S(=O)(=O)Nc1cccc([N+](=O)[O-])c1. The Balaban J connectivity index is 2.44. The van der Waals surface area contributed by atoms with E-state index in [2.05, 4.69) is 4.72 Å². The predicted octanol–water partition coefficient (Wildman–Crippen LogP) is 2.61. The molecule has 23 heavy (non-hydrogen) atoms. The van der Waals surface area contributed by atoms with Crippen molar-refractivity contribution in [2.45, 2.75) is 11.8 Å². The van der Waals surface area contributed by atoms with Crippen LogP contribution in [0.3, 0.4) is 0 Å². The molecule has 2 rings (SSSR count). The lowest BCUT2D eigenvalue weighted by atomic mass is 10.2. The van der Waals surface area contributed by atoms with Gasteiger partial charge in [-0.1, -0.05) is 12.1 Å². The molecular formula is C13H11N3O6S. The van der Waals surface area contributed by atoms with E-state index < -0.39 is 19.9 Å². The van der Waals surface area contributed by atoms with Crippen LogP contribution in [-0.4, -0.2) is 18.3 Å². The van der Waals surface area contributed by atoms with Crippen molar-refractivity contribution in [2.24, 2.45) is 0 Å². The summed E-state index contributed by atoms with van der Waals surface area (Å²) in [5, 5.41) is 21.6. The number of sulfonamides is 1. The van der Waals surface area contributed by atoms with Crippen molar-refractivity contribution in [1.29, 1.82) is 0 Å². The van der Waals surface area contributed by atoms with Crippen LogP contribution in [-0.2, 0) is 10.0 Å². The molecule has 9 nitrogen and oxygen atoms in total. The standard InChI is InChI=1S/C13H11N3O6S/c1-9-12(16(19)20)6-3-7-13(9)23(21,22)14-10-4-2-5-11(8-10)15(17)18/h2-8,14H,1H3. The molecule has 1 N–H and O–H groups in total. The molecule has 0 fully saturated rings. The average Bonchev–Trinajstić information content (AvgIpc) is 2.46. The Morgan fingerprint density at radius 1 is 1.00 bits per heavy atom. The first-order valence-corrected chi connectivity index (χ1v) is 7.72. The van der Waals surface area contributed by atoms with Gasteiger partial charge in [0.05, 0.1) is 20.4 Å². The number of nitro groups is 2. The van der Waals surface area contributed by atoms with E-state index in [0.717, 1.165) is 6.07 Å². The summed E-state index contributed by atoms with van der Waals surface area (Å²) in [6.45, 7) is 1.32. The summed E-state index contributed by atoms with van der Waals surface area (Å²) in [6.07, 6.45) is 0. The first-order chi connectivity index (χ1) is 10.7. The Hall–Kier alpha value is -3.01. The molecule has 2 aromatic carbocycles. The maximum Gasteiger partial charge on any atom is 0.273 e. The first-order valence-electron chi connectivity index (χ1n) is 6.23. The van der Waals surface area contributed by atoms with Crippen molar-refractivity contribution in [2.75, 3.05) is 4.72 Å². The van der Waals surface area contributed by atoms with Gasteiger partial charge in [0.1, 0.15) is 0 Å². The summed E-state index contributed by atoms with van der Waals surface area (Å²) in [4.78, 5) is 20.0. The summed E-state index contributed by atoms with van der Waals surface area (Å²) in [7, 11) is -4.12. The number of rotatable bonds is 5. The number of nitrogens with zero attached hydrogens (tertiary/aromatic N) is 2. The van der Waals surface area contributed by atoms with Gasteiger partial charge >= 0.3 is 0 Å². The number of hydrogen-bond donors (Lipinski definition) is 1. The maximum atomic E-state index is 12.4. The average molecular weight is 337 g/mol. The van der Waals surface area contributed by atoms with E-state index >= 15 is 0 Å². The first kappa shape index (κ1) is 16.4. The second-order valence-corrected chi connectivity index (χ2v) is 6.22. The molecule has 0 bridgehead atoms. The van der Waals surface area contributed by atoms with Crippen molar-refractivity contribution in [3.8, 4) is 0 Å². The molecule has 0 aliphatic rings. The van der Waals surface area contributed by atoms with E-state index in [1.165, 1.54) is 43.3 Å². The topological polar surface area (TPSA) is 132 Å². The van der Waals surface area contributed by atoms with Gasteiger partial charge in [0, 0.05) is 23.8 Å². The second kappa shape index (κ2) is 6.01. The van der Waals surface area contributed by atoms with Gasteiger partial charge in [-0.25, -0.2) is 8.42 Å². The molecule has 2 aromatic rings. The van der Waals surface area contributed by atoms with Crippen LogP contribution in [0, 0.1) is 27.2 Å². The number of nitrogens with one attached hydrogen (secondary N) is 1. The molecule has 0 saturated heterocycles. The van der Waals surface area contributed by atoms with Crippen molar-refractivity contribution < 1.29 is 18.3 Å². The number of non-ortho nitro benzene ring substituents is 1. The van der Waals surface area contributed by atoms with E-state index in [-0.39, 0.29) is 27.5 Å². The zero-order chi connectivity index (χ0) is 17.2. The van der Waals surface area contributed by atoms with Gasteiger partial charge in [-0.05, 0) is 19.1 Å². The highest BCUT2D eigenvalue weighted by molar-refractivity contribution is 7.92. The van der Waals surface area contributed by atoms with Crippen LogP contribution in [0.1, 0.15) is 5.56 Å². The Bertz CT molecular complexity index is 894. The van der Waals surface area contributed by atoms with E-state index in [1.807, 2.05) is 0 Å². The van der Waals surface area contributed by atoms with E-state index in [0.29, 0.717) is 0 Å². The fraction of sp³-hybridized carbons (Fsp3) is 0.0769. The number of benzene rings is 2. The molecule has 10 heteroatoms. The smallest absolute Gasteiger partial charge is 0.273 e. The minimum atomic E-state index is -4.12. The summed E-state index contributed by atoms with van der Waals surface area (Å²) >= 11 is 0. The molecule has 0 amide bonds. The van der Waals surface area contributed by atoms with E-state index in [1.54, 1.807) is 0 Å². The summed E-state index contributed by atoms with van der Waals surface area (Å²) < 4.78 is 26.9. The third kappa shape index (κ3) is 3.43.